The van der Waals surface area contributed by atoms with E-state index in [9.17, 15) is 9.59 Å². The first-order valence-electron chi connectivity index (χ1n) is 10.3. The number of nitrogens with two attached hydrogens (primary N) is 2. The fourth-order valence-electron chi connectivity index (χ4n) is 3.80. The number of aliphatic hydroxyl groups is 1. The molecular weight excluding hydrogens is 404 g/mol. The Balaban J connectivity index is 1.70. The highest BCUT2D eigenvalue weighted by Gasteiger charge is 2.23. The summed E-state index contributed by atoms with van der Waals surface area (Å²) in [6, 6.07) is 2.34. The lowest BCUT2D eigenvalue weighted by molar-refractivity contribution is -0.120. The van der Waals surface area contributed by atoms with E-state index in [1.807, 2.05) is 0 Å². The number of nitrogen functional groups attached to an aromatic ring is 1. The number of fused-ring (bicyclic) bond motifs is 1. The van der Waals surface area contributed by atoms with Crippen LogP contribution in [0.4, 0.5) is 11.5 Å². The van der Waals surface area contributed by atoms with Crippen LogP contribution >= 0.6 is 11.3 Å². The molecule has 9 nitrogen and oxygen atoms in total. The second kappa shape index (κ2) is 10.1. The normalized spacial score (nSPS) is 14.9. The third-order valence-electron chi connectivity index (χ3n) is 5.31. The zero-order valence-electron chi connectivity index (χ0n) is 17.2. The summed E-state index contributed by atoms with van der Waals surface area (Å²) in [5.74, 6) is 0.264. The molecule has 2 aromatic rings. The van der Waals surface area contributed by atoms with Crippen molar-refractivity contribution >= 4 is 44.9 Å². The summed E-state index contributed by atoms with van der Waals surface area (Å²) < 4.78 is 0. The summed E-state index contributed by atoms with van der Waals surface area (Å²) in [6.07, 6.45) is 3.61. The molecule has 30 heavy (non-hydrogen) atoms. The van der Waals surface area contributed by atoms with Crippen LogP contribution in [0.25, 0.3) is 10.2 Å². The maximum Gasteiger partial charge on any atom is 0.260 e. The smallest absolute Gasteiger partial charge is 0.260 e. The Bertz CT molecular complexity index is 908. The molecule has 2 aromatic heterocycles. The molecular formula is C20H30N6O3S. The lowest BCUT2D eigenvalue weighted by Crippen LogP contribution is -2.46. The number of aromatic nitrogens is 1. The molecule has 0 atom stereocenters. The number of carbonyl (C=O) groups excluding carboxylic acids is 2. The van der Waals surface area contributed by atoms with Gasteiger partial charge in [0, 0.05) is 31.1 Å². The minimum Gasteiger partial charge on any atom is -0.397 e. The number of pyridine rings is 1. The zero-order valence-corrected chi connectivity index (χ0v) is 18.1. The number of aliphatic hydroxyl groups excluding tert-OH is 1. The van der Waals surface area contributed by atoms with Crippen molar-refractivity contribution < 1.29 is 14.7 Å². The third kappa shape index (κ3) is 5.00. The number of anilines is 2. The number of primary amides is 1. The van der Waals surface area contributed by atoms with Gasteiger partial charge in [-0.2, -0.15) is 0 Å². The van der Waals surface area contributed by atoms with Gasteiger partial charge in [0.1, 0.15) is 15.5 Å². The fraction of sp³-hybridized carbons (Fsp3) is 0.550. The number of nitrogens with one attached hydrogen (secondary N) is 2. The van der Waals surface area contributed by atoms with E-state index in [1.54, 1.807) is 0 Å². The molecule has 3 rings (SSSR count). The predicted molar refractivity (Wildman–Crippen MR) is 120 cm³/mol. The van der Waals surface area contributed by atoms with Crippen molar-refractivity contribution in [2.45, 2.75) is 38.6 Å². The van der Waals surface area contributed by atoms with E-state index in [1.165, 1.54) is 11.3 Å². The van der Waals surface area contributed by atoms with Crippen molar-refractivity contribution in [3.63, 3.8) is 0 Å². The third-order valence-corrected chi connectivity index (χ3v) is 6.43. The van der Waals surface area contributed by atoms with Gasteiger partial charge in [-0.3, -0.25) is 9.59 Å². The first kappa shape index (κ1) is 22.3. The quantitative estimate of drug-likeness (QED) is 0.388. The molecule has 0 radical (unpaired) electrons. The van der Waals surface area contributed by atoms with E-state index >= 15 is 0 Å². The van der Waals surface area contributed by atoms with Crippen LogP contribution in [0.1, 0.15) is 41.4 Å². The zero-order chi connectivity index (χ0) is 21.7. The van der Waals surface area contributed by atoms with Gasteiger partial charge < -0.3 is 32.1 Å². The topological polar surface area (TPSA) is 147 Å². The number of hydrogen-bond acceptors (Lipinski definition) is 8. The average Bonchev–Trinajstić information content (AvgIpc) is 3.08. The molecule has 0 unspecified atom stereocenters. The highest BCUT2D eigenvalue weighted by Crippen LogP contribution is 2.37. The highest BCUT2D eigenvalue weighted by atomic mass is 32.1. The molecule has 1 aliphatic heterocycles. The SMILES string of the molecule is CCCc1cc(N2CCC(NCC(=O)NCCO)CC2)nc2sc(C(N)=O)c(N)c12. The van der Waals surface area contributed by atoms with Crippen molar-refractivity contribution in [3.8, 4) is 0 Å². The Morgan fingerprint density at radius 2 is 2.10 bits per heavy atom. The highest BCUT2D eigenvalue weighted by molar-refractivity contribution is 7.21. The summed E-state index contributed by atoms with van der Waals surface area (Å²) in [4.78, 5) is 31.6. The van der Waals surface area contributed by atoms with Crippen LogP contribution in [-0.2, 0) is 11.2 Å². The van der Waals surface area contributed by atoms with Gasteiger partial charge in [-0.15, -0.1) is 11.3 Å². The molecule has 3 heterocycles. The van der Waals surface area contributed by atoms with Crippen LogP contribution in [0.15, 0.2) is 6.07 Å². The molecule has 1 aliphatic rings. The van der Waals surface area contributed by atoms with Crippen LogP contribution in [0.3, 0.4) is 0 Å². The van der Waals surface area contributed by atoms with Crippen LogP contribution in [0.2, 0.25) is 0 Å². The van der Waals surface area contributed by atoms with Gasteiger partial charge in [-0.25, -0.2) is 4.98 Å². The molecule has 0 spiro atoms. The van der Waals surface area contributed by atoms with Gasteiger partial charge in [0.15, 0.2) is 0 Å². The van der Waals surface area contributed by atoms with E-state index < -0.39 is 5.91 Å². The molecule has 164 valence electrons. The minimum atomic E-state index is -0.519. The number of aryl methyl sites for hydroxylation is 1. The lowest BCUT2D eigenvalue weighted by Gasteiger charge is -2.33. The van der Waals surface area contributed by atoms with Crippen molar-refractivity contribution in [2.75, 3.05) is 43.4 Å². The Kier molecular flexibility index (Phi) is 7.46. The molecule has 0 aromatic carbocycles. The summed E-state index contributed by atoms with van der Waals surface area (Å²) in [6.45, 7) is 4.22. The van der Waals surface area contributed by atoms with Gasteiger partial charge in [0.25, 0.3) is 5.91 Å². The van der Waals surface area contributed by atoms with Gasteiger partial charge in [-0.1, -0.05) is 13.3 Å². The lowest BCUT2D eigenvalue weighted by atomic mass is 10.0. The Labute approximate surface area is 179 Å². The van der Waals surface area contributed by atoms with Gasteiger partial charge in [0.05, 0.1) is 18.8 Å². The first-order valence-corrected chi connectivity index (χ1v) is 11.1. The van der Waals surface area contributed by atoms with E-state index in [2.05, 4.69) is 28.5 Å². The molecule has 0 saturated carbocycles. The standard InChI is InChI=1S/C20H30N6O3S/c1-2-3-12-10-14(25-20-16(12)17(21)18(30-20)19(22)29)26-7-4-13(5-8-26)24-11-15(28)23-6-9-27/h10,13,24,27H,2-9,11,21H2,1H3,(H2,22,29)(H,23,28). The maximum atomic E-state index is 11.7. The van der Waals surface area contributed by atoms with Crippen LogP contribution < -0.4 is 27.0 Å². The number of carbonyl (C=O) groups is 2. The summed E-state index contributed by atoms with van der Waals surface area (Å²) in [5.41, 5.74) is 13.2. The average molecular weight is 435 g/mol. The second-order valence-electron chi connectivity index (χ2n) is 7.49. The monoisotopic (exact) mass is 434 g/mol. The number of thiophene rings is 1. The Morgan fingerprint density at radius 3 is 2.73 bits per heavy atom. The maximum absolute atomic E-state index is 11.7. The molecule has 10 heteroatoms. The molecule has 1 saturated heterocycles. The number of amides is 2. The van der Waals surface area contributed by atoms with Crippen LogP contribution in [0.5, 0.6) is 0 Å². The van der Waals surface area contributed by atoms with Crippen molar-refractivity contribution in [3.05, 3.63) is 16.5 Å². The van der Waals surface area contributed by atoms with Gasteiger partial charge in [-0.05, 0) is 30.9 Å². The van der Waals surface area contributed by atoms with E-state index in [4.69, 9.17) is 21.6 Å². The van der Waals surface area contributed by atoms with Gasteiger partial charge >= 0.3 is 0 Å². The minimum absolute atomic E-state index is 0.0572. The summed E-state index contributed by atoms with van der Waals surface area (Å²) in [5, 5.41) is 15.5. The molecule has 1 fully saturated rings. The number of nitrogens with zero attached hydrogens (tertiary/aromatic N) is 2. The number of rotatable bonds is 9. The molecule has 2 amide bonds. The van der Waals surface area contributed by atoms with Crippen LogP contribution in [0, 0.1) is 0 Å². The fourth-order valence-corrected chi connectivity index (χ4v) is 4.79. The Hall–Kier alpha value is -2.43. The Morgan fingerprint density at radius 1 is 1.37 bits per heavy atom. The predicted octanol–water partition coefficient (Wildman–Crippen LogP) is 0.597. The number of hydrogen-bond donors (Lipinski definition) is 5. The van der Waals surface area contributed by atoms with Gasteiger partial charge in [0.2, 0.25) is 5.91 Å². The molecule has 7 N–H and O–H groups in total. The van der Waals surface area contributed by atoms with Crippen LogP contribution in [-0.4, -0.2) is 60.7 Å². The number of piperidine rings is 1. The molecule has 0 aliphatic carbocycles. The first-order chi connectivity index (χ1) is 14.4. The summed E-state index contributed by atoms with van der Waals surface area (Å²) >= 11 is 1.26. The van der Waals surface area contributed by atoms with E-state index in [0.29, 0.717) is 10.6 Å². The molecule has 0 bridgehead atoms. The van der Waals surface area contributed by atoms with Crippen molar-refractivity contribution in [1.29, 1.82) is 0 Å². The summed E-state index contributed by atoms with van der Waals surface area (Å²) in [7, 11) is 0. The van der Waals surface area contributed by atoms with Crippen molar-refractivity contribution in [2.24, 2.45) is 5.73 Å². The largest absolute Gasteiger partial charge is 0.397 e. The second-order valence-corrected chi connectivity index (χ2v) is 8.49. The van der Waals surface area contributed by atoms with E-state index in [-0.39, 0.29) is 31.6 Å². The van der Waals surface area contributed by atoms with E-state index in [0.717, 1.165) is 60.4 Å². The van der Waals surface area contributed by atoms with Crippen molar-refractivity contribution in [1.82, 2.24) is 15.6 Å².